The molecular weight excluding hydrogens is 345 g/mol. The summed E-state index contributed by atoms with van der Waals surface area (Å²) in [4.78, 5) is 11.7. The minimum Gasteiger partial charge on any atom is -0.466 e. The number of hydrogen-bond acceptors (Lipinski definition) is 7. The van der Waals surface area contributed by atoms with E-state index >= 15 is 0 Å². The van der Waals surface area contributed by atoms with Crippen molar-refractivity contribution in [1.29, 1.82) is 0 Å². The second-order valence-corrected chi connectivity index (χ2v) is 6.20. The number of rotatable bonds is 5. The van der Waals surface area contributed by atoms with E-state index in [4.69, 9.17) is 10.5 Å². The van der Waals surface area contributed by atoms with E-state index in [1.54, 1.807) is 19.1 Å². The summed E-state index contributed by atoms with van der Waals surface area (Å²) in [5.41, 5.74) is 9.06. The van der Waals surface area contributed by atoms with Gasteiger partial charge in [0.25, 0.3) is 0 Å². The first kappa shape index (κ1) is 18.8. The lowest BCUT2D eigenvalue weighted by molar-refractivity contribution is -0.142. The largest absolute Gasteiger partial charge is 0.488 e. The zero-order chi connectivity index (χ0) is 19.6. The second-order valence-electron chi connectivity index (χ2n) is 6.20. The molecule has 0 atom stereocenters. The van der Waals surface area contributed by atoms with E-state index in [0.717, 1.165) is 27.6 Å². The number of ether oxygens (including phenoxy) is 1. The van der Waals surface area contributed by atoms with Crippen LogP contribution >= 0.6 is 0 Å². The van der Waals surface area contributed by atoms with Gasteiger partial charge in [-0.15, -0.1) is 5.10 Å². The molecule has 4 N–H and O–H groups in total. The standard InChI is InChI=1S/C19H20BN3O4/c1-3-27-18(24)10-14-5-4-13(9-17(14)20(25)26)12-6-7-15-16(8-12)11(2)22-23-19(15)21/h4-9,25-26H,3,10H2,1-2H3,(H2,21,23). The summed E-state index contributed by atoms with van der Waals surface area (Å²) in [6.07, 6.45) is -0.0238. The van der Waals surface area contributed by atoms with Gasteiger partial charge in [-0.3, -0.25) is 4.79 Å². The van der Waals surface area contributed by atoms with Crippen molar-refractivity contribution in [2.24, 2.45) is 0 Å². The normalized spacial score (nSPS) is 10.8. The smallest absolute Gasteiger partial charge is 0.466 e. The highest BCUT2D eigenvalue weighted by Gasteiger charge is 2.19. The molecule has 0 fully saturated rings. The Morgan fingerprint density at radius 2 is 1.81 bits per heavy atom. The molecule has 138 valence electrons. The van der Waals surface area contributed by atoms with Crippen molar-refractivity contribution in [3.05, 3.63) is 47.7 Å². The van der Waals surface area contributed by atoms with Crippen molar-refractivity contribution in [1.82, 2.24) is 10.2 Å². The van der Waals surface area contributed by atoms with Crippen LogP contribution in [0.4, 0.5) is 5.82 Å². The Balaban J connectivity index is 2.04. The molecule has 0 aliphatic rings. The summed E-state index contributed by atoms with van der Waals surface area (Å²) in [6, 6.07) is 10.9. The summed E-state index contributed by atoms with van der Waals surface area (Å²) in [5, 5.41) is 29.1. The summed E-state index contributed by atoms with van der Waals surface area (Å²) in [6.45, 7) is 3.85. The maximum absolute atomic E-state index is 11.7. The van der Waals surface area contributed by atoms with Gasteiger partial charge in [0.05, 0.1) is 18.7 Å². The van der Waals surface area contributed by atoms with Crippen LogP contribution in [0.5, 0.6) is 0 Å². The summed E-state index contributed by atoms with van der Waals surface area (Å²) >= 11 is 0. The molecule has 3 rings (SSSR count). The number of nitrogens with two attached hydrogens (primary N) is 1. The number of nitrogens with zero attached hydrogens (tertiary/aromatic N) is 2. The molecule has 0 saturated heterocycles. The zero-order valence-electron chi connectivity index (χ0n) is 15.1. The SMILES string of the molecule is CCOC(=O)Cc1ccc(-c2ccc3c(N)nnc(C)c3c2)cc1B(O)O. The Morgan fingerprint density at radius 3 is 2.52 bits per heavy atom. The van der Waals surface area contributed by atoms with Crippen LogP contribution in [0, 0.1) is 6.92 Å². The van der Waals surface area contributed by atoms with Gasteiger partial charge in [-0.2, -0.15) is 5.10 Å². The van der Waals surface area contributed by atoms with Gasteiger partial charge in [0, 0.05) is 10.8 Å². The minimum atomic E-state index is -1.70. The number of anilines is 1. The highest BCUT2D eigenvalue weighted by atomic mass is 16.5. The van der Waals surface area contributed by atoms with E-state index < -0.39 is 13.1 Å². The van der Waals surface area contributed by atoms with Crippen molar-refractivity contribution in [3.8, 4) is 11.1 Å². The number of benzene rings is 2. The number of carbonyl (C=O) groups excluding carboxylic acids is 1. The predicted molar refractivity (Wildman–Crippen MR) is 104 cm³/mol. The first-order valence-corrected chi connectivity index (χ1v) is 8.58. The number of fused-ring (bicyclic) bond motifs is 1. The van der Waals surface area contributed by atoms with Gasteiger partial charge in [0.15, 0.2) is 5.82 Å². The lowest BCUT2D eigenvalue weighted by Crippen LogP contribution is -2.34. The third-order valence-corrected chi connectivity index (χ3v) is 4.39. The van der Waals surface area contributed by atoms with Crippen molar-refractivity contribution in [2.45, 2.75) is 20.3 Å². The number of aryl methyl sites for hydroxylation is 1. The quantitative estimate of drug-likeness (QED) is 0.455. The molecule has 0 saturated carbocycles. The molecule has 0 aliphatic carbocycles. The molecule has 0 amide bonds. The molecular formula is C19H20BN3O4. The van der Waals surface area contributed by atoms with Gasteiger partial charge in [0.2, 0.25) is 0 Å². The average Bonchev–Trinajstić information content (AvgIpc) is 2.65. The summed E-state index contributed by atoms with van der Waals surface area (Å²) < 4.78 is 4.94. The lowest BCUT2D eigenvalue weighted by atomic mass is 9.75. The van der Waals surface area contributed by atoms with E-state index in [0.29, 0.717) is 11.4 Å². The lowest BCUT2D eigenvalue weighted by Gasteiger charge is -2.12. The van der Waals surface area contributed by atoms with Crippen LogP contribution in [0.3, 0.4) is 0 Å². The maximum Gasteiger partial charge on any atom is 0.488 e. The number of nitrogen functional groups attached to an aromatic ring is 1. The molecule has 0 unspecified atom stereocenters. The fourth-order valence-electron chi connectivity index (χ4n) is 3.03. The predicted octanol–water partition coefficient (Wildman–Crippen LogP) is 0.973. The van der Waals surface area contributed by atoms with Crippen LogP contribution in [0.2, 0.25) is 0 Å². The minimum absolute atomic E-state index is 0.0238. The Kier molecular flexibility index (Phi) is 5.39. The second kappa shape index (κ2) is 7.73. The van der Waals surface area contributed by atoms with Gasteiger partial charge in [0.1, 0.15) is 0 Å². The molecule has 7 nitrogen and oxygen atoms in total. The highest BCUT2D eigenvalue weighted by Crippen LogP contribution is 2.27. The molecule has 0 aliphatic heterocycles. The summed E-state index contributed by atoms with van der Waals surface area (Å²) in [5.74, 6) is -0.0547. The van der Waals surface area contributed by atoms with Crippen LogP contribution in [0.25, 0.3) is 21.9 Å². The van der Waals surface area contributed by atoms with Crippen LogP contribution in [-0.2, 0) is 16.0 Å². The average molecular weight is 365 g/mol. The Morgan fingerprint density at radius 1 is 1.11 bits per heavy atom. The Bertz CT molecular complexity index is 1010. The number of carbonyl (C=O) groups is 1. The van der Waals surface area contributed by atoms with Crippen molar-refractivity contribution >= 4 is 35.1 Å². The number of hydrogen-bond donors (Lipinski definition) is 3. The molecule has 1 heterocycles. The highest BCUT2D eigenvalue weighted by molar-refractivity contribution is 6.59. The number of esters is 1. The molecule has 3 aromatic rings. The number of aromatic nitrogens is 2. The van der Waals surface area contributed by atoms with Crippen LogP contribution < -0.4 is 11.2 Å². The molecule has 0 bridgehead atoms. The molecule has 0 spiro atoms. The van der Waals surface area contributed by atoms with Crippen LogP contribution in [-0.4, -0.2) is 39.9 Å². The topological polar surface area (TPSA) is 119 Å². The van der Waals surface area contributed by atoms with E-state index in [1.165, 1.54) is 0 Å². The van der Waals surface area contributed by atoms with Gasteiger partial charge in [-0.05, 0) is 48.1 Å². The third-order valence-electron chi connectivity index (χ3n) is 4.39. The van der Waals surface area contributed by atoms with Crippen LogP contribution in [0.15, 0.2) is 36.4 Å². The van der Waals surface area contributed by atoms with Gasteiger partial charge in [-0.1, -0.05) is 24.3 Å². The van der Waals surface area contributed by atoms with Crippen molar-refractivity contribution < 1.29 is 19.6 Å². The Hall–Kier alpha value is -2.97. The third kappa shape index (κ3) is 3.91. The molecule has 2 aromatic carbocycles. The summed E-state index contributed by atoms with van der Waals surface area (Å²) in [7, 11) is -1.70. The Labute approximate surface area is 156 Å². The first-order chi connectivity index (χ1) is 12.9. The first-order valence-electron chi connectivity index (χ1n) is 8.58. The monoisotopic (exact) mass is 365 g/mol. The van der Waals surface area contributed by atoms with Gasteiger partial charge < -0.3 is 20.5 Å². The molecule has 0 radical (unpaired) electrons. The zero-order valence-corrected chi connectivity index (χ0v) is 15.1. The van der Waals surface area contributed by atoms with Crippen molar-refractivity contribution in [3.63, 3.8) is 0 Å². The van der Waals surface area contributed by atoms with Gasteiger partial charge in [-0.25, -0.2) is 0 Å². The van der Waals surface area contributed by atoms with E-state index in [1.807, 2.05) is 31.2 Å². The van der Waals surface area contributed by atoms with Gasteiger partial charge >= 0.3 is 13.1 Å². The fraction of sp³-hybridized carbons (Fsp3) is 0.211. The van der Waals surface area contributed by atoms with Crippen LogP contribution in [0.1, 0.15) is 18.2 Å². The van der Waals surface area contributed by atoms with Crippen molar-refractivity contribution in [2.75, 3.05) is 12.3 Å². The molecule has 1 aromatic heterocycles. The maximum atomic E-state index is 11.7. The van der Waals surface area contributed by atoms with E-state index in [-0.39, 0.29) is 18.5 Å². The molecule has 8 heteroatoms. The van der Waals surface area contributed by atoms with E-state index in [9.17, 15) is 14.8 Å². The molecule has 27 heavy (non-hydrogen) atoms. The van der Waals surface area contributed by atoms with E-state index in [2.05, 4.69) is 10.2 Å². The fourth-order valence-corrected chi connectivity index (χ4v) is 3.03.